The summed E-state index contributed by atoms with van der Waals surface area (Å²) < 4.78 is 25.4. The molecule has 0 unspecified atom stereocenters. The fourth-order valence-corrected chi connectivity index (χ4v) is 3.32. The molecule has 1 fully saturated rings. The number of hydrogen-bond acceptors (Lipinski definition) is 4. The van der Waals surface area contributed by atoms with Crippen LogP contribution in [-0.2, 0) is 14.8 Å². The van der Waals surface area contributed by atoms with Crippen molar-refractivity contribution in [1.82, 2.24) is 14.5 Å². The fraction of sp³-hybridized carbons (Fsp3) is 0.556. The van der Waals surface area contributed by atoms with Crippen LogP contribution >= 0.6 is 0 Å². The molecule has 2 N–H and O–H groups in total. The predicted molar refractivity (Wildman–Crippen MR) is 57.7 cm³/mol. The molecule has 1 saturated heterocycles. The molecule has 0 spiro atoms. The van der Waals surface area contributed by atoms with Crippen molar-refractivity contribution in [2.75, 3.05) is 13.1 Å². The minimum absolute atomic E-state index is 0.0306. The molecule has 1 aliphatic heterocycles. The van der Waals surface area contributed by atoms with E-state index in [1.54, 1.807) is 0 Å². The molecule has 0 aromatic carbocycles. The van der Waals surface area contributed by atoms with E-state index in [-0.39, 0.29) is 11.4 Å². The third-order valence-electron chi connectivity index (χ3n) is 2.84. The lowest BCUT2D eigenvalue weighted by Crippen LogP contribution is -2.42. The number of aromatic nitrogens is 2. The number of nitrogens with one attached hydrogen (secondary N) is 1. The number of carboxylic acid groups (broad SMARTS) is 1. The standard InChI is InChI=1S/C9H13N3O4S/c13-9(14)7-2-1-3-12(6-7)17(15,16)8-4-10-11-5-8/h4-5,7H,1-3,6H2,(H,10,11)(H,13,14)/t7-/m1/s1. The Morgan fingerprint density at radius 2 is 2.35 bits per heavy atom. The normalized spacial score (nSPS) is 22.5. The molecule has 1 aromatic heterocycles. The molecule has 1 aliphatic rings. The van der Waals surface area contributed by atoms with Crippen molar-refractivity contribution in [3.05, 3.63) is 12.4 Å². The number of carboxylic acids is 1. The summed E-state index contributed by atoms with van der Waals surface area (Å²) in [4.78, 5) is 10.9. The van der Waals surface area contributed by atoms with Crippen molar-refractivity contribution in [1.29, 1.82) is 0 Å². The van der Waals surface area contributed by atoms with E-state index in [1.165, 1.54) is 16.7 Å². The monoisotopic (exact) mass is 259 g/mol. The maximum absolute atomic E-state index is 12.1. The Bertz CT molecular complexity index is 496. The molecule has 0 saturated carbocycles. The highest BCUT2D eigenvalue weighted by atomic mass is 32.2. The molecular formula is C9H13N3O4S. The minimum atomic E-state index is -3.61. The second kappa shape index (κ2) is 4.46. The molecule has 7 nitrogen and oxygen atoms in total. The Labute approximate surface area is 98.5 Å². The Kier molecular flexibility index (Phi) is 3.16. The van der Waals surface area contributed by atoms with Crippen molar-refractivity contribution in [3.8, 4) is 0 Å². The molecule has 2 heterocycles. The van der Waals surface area contributed by atoms with Gasteiger partial charge in [-0.25, -0.2) is 8.42 Å². The average molecular weight is 259 g/mol. The van der Waals surface area contributed by atoms with E-state index < -0.39 is 21.9 Å². The van der Waals surface area contributed by atoms with E-state index in [0.717, 1.165) is 0 Å². The molecule has 1 aromatic rings. The summed E-state index contributed by atoms with van der Waals surface area (Å²) in [5.41, 5.74) is 0. The van der Waals surface area contributed by atoms with Crippen LogP contribution < -0.4 is 0 Å². The SMILES string of the molecule is O=C(O)[C@@H]1CCCN(S(=O)(=O)c2cn[nH]c2)C1. The van der Waals surface area contributed by atoms with Gasteiger partial charge in [-0.15, -0.1) is 0 Å². The Balaban J connectivity index is 2.20. The van der Waals surface area contributed by atoms with Gasteiger partial charge in [-0.05, 0) is 12.8 Å². The molecule has 17 heavy (non-hydrogen) atoms. The maximum Gasteiger partial charge on any atom is 0.307 e. The van der Waals surface area contributed by atoms with Gasteiger partial charge < -0.3 is 5.11 Å². The van der Waals surface area contributed by atoms with Crippen LogP contribution in [0.2, 0.25) is 0 Å². The summed E-state index contributed by atoms with van der Waals surface area (Å²) >= 11 is 0. The number of rotatable bonds is 3. The number of piperidine rings is 1. The highest BCUT2D eigenvalue weighted by Gasteiger charge is 2.33. The number of sulfonamides is 1. The summed E-state index contributed by atoms with van der Waals surface area (Å²) in [5.74, 6) is -1.57. The zero-order valence-electron chi connectivity index (χ0n) is 9.04. The summed E-state index contributed by atoms with van der Waals surface area (Å²) in [6.07, 6.45) is 3.60. The van der Waals surface area contributed by atoms with Crippen LogP contribution in [0.4, 0.5) is 0 Å². The van der Waals surface area contributed by atoms with Crippen molar-refractivity contribution in [2.24, 2.45) is 5.92 Å². The first-order chi connectivity index (χ1) is 8.01. The Morgan fingerprint density at radius 3 is 2.94 bits per heavy atom. The van der Waals surface area contributed by atoms with Crippen molar-refractivity contribution in [3.63, 3.8) is 0 Å². The summed E-state index contributed by atoms with van der Waals surface area (Å²) in [7, 11) is -3.61. The van der Waals surface area contributed by atoms with Crippen LogP contribution in [0.25, 0.3) is 0 Å². The van der Waals surface area contributed by atoms with Gasteiger partial charge in [0.25, 0.3) is 0 Å². The first-order valence-corrected chi connectivity index (χ1v) is 6.67. The van der Waals surface area contributed by atoms with Crippen molar-refractivity contribution < 1.29 is 18.3 Å². The minimum Gasteiger partial charge on any atom is -0.481 e. The summed E-state index contributed by atoms with van der Waals surface area (Å²) in [5, 5.41) is 14.9. The van der Waals surface area contributed by atoms with Crippen LogP contribution in [0, 0.1) is 5.92 Å². The highest BCUT2D eigenvalue weighted by molar-refractivity contribution is 7.89. The quantitative estimate of drug-likeness (QED) is 0.788. The zero-order valence-corrected chi connectivity index (χ0v) is 9.85. The average Bonchev–Trinajstić information content (AvgIpc) is 2.83. The molecule has 94 valence electrons. The van der Waals surface area contributed by atoms with Gasteiger partial charge in [-0.2, -0.15) is 9.40 Å². The third kappa shape index (κ3) is 2.32. The lowest BCUT2D eigenvalue weighted by Gasteiger charge is -2.29. The number of H-pyrrole nitrogens is 1. The Morgan fingerprint density at radius 1 is 1.59 bits per heavy atom. The zero-order chi connectivity index (χ0) is 12.5. The predicted octanol–water partition coefficient (Wildman–Crippen LogP) is -0.105. The van der Waals surface area contributed by atoms with Gasteiger partial charge in [0.05, 0.1) is 12.1 Å². The van der Waals surface area contributed by atoms with Gasteiger partial charge in [-0.3, -0.25) is 9.89 Å². The van der Waals surface area contributed by atoms with E-state index in [2.05, 4.69) is 10.2 Å². The molecule has 0 radical (unpaired) electrons. The van der Waals surface area contributed by atoms with Gasteiger partial charge in [0.1, 0.15) is 4.90 Å². The molecule has 8 heteroatoms. The van der Waals surface area contributed by atoms with E-state index in [1.807, 2.05) is 0 Å². The van der Waals surface area contributed by atoms with Crippen molar-refractivity contribution >= 4 is 16.0 Å². The summed E-state index contributed by atoms with van der Waals surface area (Å²) in [6.45, 7) is 0.389. The van der Waals surface area contributed by atoms with Gasteiger partial charge in [-0.1, -0.05) is 0 Å². The first kappa shape index (κ1) is 12.1. The van der Waals surface area contributed by atoms with E-state index >= 15 is 0 Å². The maximum atomic E-state index is 12.1. The molecule has 1 atom stereocenters. The number of hydrogen-bond donors (Lipinski definition) is 2. The largest absolute Gasteiger partial charge is 0.481 e. The number of aromatic amines is 1. The van der Waals surface area contributed by atoms with Gasteiger partial charge in [0.15, 0.2) is 0 Å². The topological polar surface area (TPSA) is 103 Å². The number of nitrogens with zero attached hydrogens (tertiary/aromatic N) is 2. The molecule has 0 aliphatic carbocycles. The van der Waals surface area contributed by atoms with E-state index in [0.29, 0.717) is 19.4 Å². The van der Waals surface area contributed by atoms with Crippen LogP contribution in [0.5, 0.6) is 0 Å². The van der Waals surface area contributed by atoms with Gasteiger partial charge in [0.2, 0.25) is 10.0 Å². The third-order valence-corrected chi connectivity index (χ3v) is 4.67. The fourth-order valence-electron chi connectivity index (χ4n) is 1.89. The lowest BCUT2D eigenvalue weighted by atomic mass is 10.0. The molecular weight excluding hydrogens is 246 g/mol. The van der Waals surface area contributed by atoms with E-state index in [9.17, 15) is 13.2 Å². The summed E-state index contributed by atoms with van der Waals surface area (Å²) in [6, 6.07) is 0. The number of aliphatic carboxylic acids is 1. The van der Waals surface area contributed by atoms with Crippen LogP contribution in [-0.4, -0.2) is 47.1 Å². The molecule has 0 amide bonds. The second-order valence-electron chi connectivity index (χ2n) is 3.97. The molecule has 0 bridgehead atoms. The van der Waals surface area contributed by atoms with Gasteiger partial charge in [0, 0.05) is 19.3 Å². The van der Waals surface area contributed by atoms with Crippen molar-refractivity contribution in [2.45, 2.75) is 17.7 Å². The number of carbonyl (C=O) groups is 1. The second-order valence-corrected chi connectivity index (χ2v) is 5.91. The molecule has 2 rings (SSSR count). The van der Waals surface area contributed by atoms with Crippen LogP contribution in [0.1, 0.15) is 12.8 Å². The van der Waals surface area contributed by atoms with Crippen LogP contribution in [0.3, 0.4) is 0 Å². The van der Waals surface area contributed by atoms with Crippen LogP contribution in [0.15, 0.2) is 17.3 Å². The van der Waals surface area contributed by atoms with E-state index in [4.69, 9.17) is 5.11 Å². The Hall–Kier alpha value is -1.41. The smallest absolute Gasteiger partial charge is 0.307 e. The van der Waals surface area contributed by atoms with Gasteiger partial charge >= 0.3 is 5.97 Å². The highest BCUT2D eigenvalue weighted by Crippen LogP contribution is 2.23. The first-order valence-electron chi connectivity index (χ1n) is 5.23. The lowest BCUT2D eigenvalue weighted by molar-refractivity contribution is -0.142.